The number of morpholine rings is 1. The maximum atomic E-state index is 13.1. The maximum Gasteiger partial charge on any atom is 0.242 e. The van der Waals surface area contributed by atoms with Crippen molar-refractivity contribution in [3.05, 3.63) is 18.3 Å². The van der Waals surface area contributed by atoms with Crippen LogP contribution in [-0.2, 0) is 9.53 Å². The first-order valence-corrected chi connectivity index (χ1v) is 9.94. The first-order valence-electron chi connectivity index (χ1n) is 9.94. The Morgan fingerprint density at radius 3 is 2.77 bits per heavy atom. The van der Waals surface area contributed by atoms with Crippen molar-refractivity contribution < 1.29 is 9.53 Å². The minimum absolute atomic E-state index is 0.0890. The van der Waals surface area contributed by atoms with E-state index in [0.717, 1.165) is 57.4 Å². The average molecular weight is 359 g/mol. The normalized spacial score (nSPS) is 25.7. The Kier molecular flexibility index (Phi) is 5.65. The van der Waals surface area contributed by atoms with Gasteiger partial charge in [-0.05, 0) is 43.7 Å². The molecule has 0 unspecified atom stereocenters. The van der Waals surface area contributed by atoms with Crippen molar-refractivity contribution in [2.45, 2.75) is 44.2 Å². The van der Waals surface area contributed by atoms with Gasteiger partial charge in [0.2, 0.25) is 5.91 Å². The van der Waals surface area contributed by atoms with Gasteiger partial charge in [0.05, 0.1) is 13.2 Å². The number of carbonyl (C=O) groups excluding carboxylic acids is 1. The Balaban J connectivity index is 1.29. The van der Waals surface area contributed by atoms with Crippen molar-refractivity contribution in [2.24, 2.45) is 5.92 Å². The van der Waals surface area contributed by atoms with E-state index in [0.29, 0.717) is 12.6 Å². The van der Waals surface area contributed by atoms with Crippen molar-refractivity contribution in [3.63, 3.8) is 0 Å². The molecule has 26 heavy (non-hydrogen) atoms. The summed E-state index contributed by atoms with van der Waals surface area (Å²) in [5, 5.41) is 11.4. The highest BCUT2D eigenvalue weighted by Crippen LogP contribution is 2.28. The molecule has 4 rings (SSSR count). The van der Waals surface area contributed by atoms with Crippen LogP contribution in [-0.4, -0.2) is 77.4 Å². The molecule has 2 saturated heterocycles. The Morgan fingerprint density at radius 1 is 1.23 bits per heavy atom. The summed E-state index contributed by atoms with van der Waals surface area (Å²) in [7, 11) is 0. The Morgan fingerprint density at radius 2 is 2.08 bits per heavy atom. The minimum atomic E-state index is -0.0890. The molecule has 142 valence electrons. The second-order valence-electron chi connectivity index (χ2n) is 7.74. The maximum absolute atomic E-state index is 13.1. The molecule has 7 nitrogen and oxygen atoms in total. The minimum Gasteiger partial charge on any atom is -0.378 e. The lowest BCUT2D eigenvalue weighted by Crippen LogP contribution is -2.57. The van der Waals surface area contributed by atoms with Crippen molar-refractivity contribution in [2.75, 3.05) is 44.7 Å². The summed E-state index contributed by atoms with van der Waals surface area (Å²) in [6, 6.07) is 4.08. The number of hydrogen-bond acceptors (Lipinski definition) is 6. The van der Waals surface area contributed by atoms with E-state index in [1.54, 1.807) is 6.20 Å². The fraction of sp³-hybridized carbons (Fsp3) is 0.737. The summed E-state index contributed by atoms with van der Waals surface area (Å²) in [4.78, 5) is 17.5. The molecule has 3 fully saturated rings. The summed E-state index contributed by atoms with van der Waals surface area (Å²) < 4.78 is 5.64. The third-order valence-electron chi connectivity index (χ3n) is 5.97. The van der Waals surface area contributed by atoms with Gasteiger partial charge in [0, 0.05) is 38.4 Å². The van der Waals surface area contributed by atoms with Crippen LogP contribution in [0, 0.1) is 5.92 Å². The van der Waals surface area contributed by atoms with Gasteiger partial charge in [-0.15, -0.1) is 5.10 Å². The average Bonchev–Trinajstić information content (AvgIpc) is 2.66. The molecule has 0 bridgehead atoms. The molecule has 0 radical (unpaired) electrons. The number of ether oxygens (including phenoxy) is 1. The van der Waals surface area contributed by atoms with Crippen LogP contribution in [0.3, 0.4) is 0 Å². The zero-order valence-electron chi connectivity index (χ0n) is 15.3. The van der Waals surface area contributed by atoms with E-state index in [4.69, 9.17) is 4.74 Å². The molecule has 1 amide bonds. The summed E-state index contributed by atoms with van der Waals surface area (Å²) in [6.45, 7) is 4.83. The van der Waals surface area contributed by atoms with E-state index in [1.807, 2.05) is 17.0 Å². The van der Waals surface area contributed by atoms with Crippen molar-refractivity contribution in [1.82, 2.24) is 20.0 Å². The standard InChI is InChI=1S/C19H29N5O2/c25-19(17-14-26-12-11-24(17)13-15-3-1-4-15)23-9-6-16(7-10-23)21-18-5-2-8-20-22-18/h2,5,8,15-17H,1,3-4,6-7,9-14H2,(H,21,22)/t17-/m0/s1. The van der Waals surface area contributed by atoms with E-state index in [9.17, 15) is 4.79 Å². The molecule has 1 N–H and O–H groups in total. The lowest BCUT2D eigenvalue weighted by molar-refractivity contribution is -0.145. The Hall–Kier alpha value is -1.73. The fourth-order valence-electron chi connectivity index (χ4n) is 4.13. The molecule has 1 atom stereocenters. The number of carbonyl (C=O) groups is 1. The molecule has 3 heterocycles. The number of rotatable bonds is 5. The summed E-state index contributed by atoms with van der Waals surface area (Å²) in [5.41, 5.74) is 0. The fourth-order valence-corrected chi connectivity index (χ4v) is 4.13. The molecule has 1 saturated carbocycles. The molecule has 1 aliphatic carbocycles. The van der Waals surface area contributed by atoms with Gasteiger partial charge in [-0.1, -0.05) is 6.42 Å². The van der Waals surface area contributed by atoms with Gasteiger partial charge in [-0.25, -0.2) is 0 Å². The second-order valence-corrected chi connectivity index (χ2v) is 7.74. The quantitative estimate of drug-likeness (QED) is 0.856. The van der Waals surface area contributed by atoms with Crippen LogP contribution in [0.5, 0.6) is 0 Å². The number of nitrogens with zero attached hydrogens (tertiary/aromatic N) is 4. The van der Waals surface area contributed by atoms with E-state index in [1.165, 1.54) is 19.3 Å². The van der Waals surface area contributed by atoms with Gasteiger partial charge in [0.15, 0.2) is 0 Å². The number of anilines is 1. The molecule has 1 aromatic heterocycles. The summed E-state index contributed by atoms with van der Waals surface area (Å²) in [6.07, 6.45) is 7.54. The molecule has 0 aromatic carbocycles. The smallest absolute Gasteiger partial charge is 0.242 e. The zero-order chi connectivity index (χ0) is 17.8. The lowest BCUT2D eigenvalue weighted by atomic mass is 9.84. The summed E-state index contributed by atoms with van der Waals surface area (Å²) in [5.74, 6) is 1.84. The highest BCUT2D eigenvalue weighted by molar-refractivity contribution is 5.82. The predicted octanol–water partition coefficient (Wildman–Crippen LogP) is 1.38. The SMILES string of the molecule is O=C([C@@H]1COCCN1CC1CCC1)N1CCC(Nc2cccnn2)CC1. The molecular formula is C19H29N5O2. The zero-order valence-corrected chi connectivity index (χ0v) is 15.3. The number of aromatic nitrogens is 2. The van der Waals surface area contributed by atoms with Crippen molar-refractivity contribution in [3.8, 4) is 0 Å². The largest absolute Gasteiger partial charge is 0.378 e. The number of piperidine rings is 1. The number of hydrogen-bond donors (Lipinski definition) is 1. The third kappa shape index (κ3) is 4.15. The predicted molar refractivity (Wildman–Crippen MR) is 98.8 cm³/mol. The molecule has 7 heteroatoms. The highest BCUT2D eigenvalue weighted by Gasteiger charge is 2.36. The number of likely N-dealkylation sites (tertiary alicyclic amines) is 1. The topological polar surface area (TPSA) is 70.6 Å². The summed E-state index contributed by atoms with van der Waals surface area (Å²) >= 11 is 0. The first kappa shape index (κ1) is 17.7. The lowest BCUT2D eigenvalue weighted by Gasteiger charge is -2.42. The molecule has 3 aliphatic rings. The monoisotopic (exact) mass is 359 g/mol. The van der Waals surface area contributed by atoms with Crippen molar-refractivity contribution >= 4 is 11.7 Å². The van der Waals surface area contributed by atoms with Crippen LogP contribution in [0.2, 0.25) is 0 Å². The van der Waals surface area contributed by atoms with Crippen LogP contribution in [0.4, 0.5) is 5.82 Å². The van der Waals surface area contributed by atoms with E-state index < -0.39 is 0 Å². The van der Waals surface area contributed by atoms with E-state index in [-0.39, 0.29) is 11.9 Å². The Labute approximate surface area is 155 Å². The van der Waals surface area contributed by atoms with E-state index in [2.05, 4.69) is 20.4 Å². The van der Waals surface area contributed by atoms with Gasteiger partial charge in [-0.2, -0.15) is 5.10 Å². The second kappa shape index (κ2) is 8.31. The Bertz CT molecular complexity index is 587. The molecular weight excluding hydrogens is 330 g/mol. The number of nitrogens with one attached hydrogen (secondary N) is 1. The van der Waals surface area contributed by atoms with Gasteiger partial charge >= 0.3 is 0 Å². The van der Waals surface area contributed by atoms with Crippen LogP contribution in [0.25, 0.3) is 0 Å². The van der Waals surface area contributed by atoms with Crippen LogP contribution in [0.15, 0.2) is 18.3 Å². The van der Waals surface area contributed by atoms with E-state index >= 15 is 0 Å². The van der Waals surface area contributed by atoms with Crippen molar-refractivity contribution in [1.29, 1.82) is 0 Å². The number of amides is 1. The highest BCUT2D eigenvalue weighted by atomic mass is 16.5. The van der Waals surface area contributed by atoms with Gasteiger partial charge in [-0.3, -0.25) is 9.69 Å². The van der Waals surface area contributed by atoms with Crippen LogP contribution in [0.1, 0.15) is 32.1 Å². The molecule has 0 spiro atoms. The van der Waals surface area contributed by atoms with Crippen LogP contribution < -0.4 is 5.32 Å². The van der Waals surface area contributed by atoms with Gasteiger partial charge in [0.1, 0.15) is 11.9 Å². The molecule has 1 aromatic rings. The third-order valence-corrected chi connectivity index (χ3v) is 5.97. The first-order chi connectivity index (χ1) is 12.8. The van der Waals surface area contributed by atoms with Gasteiger partial charge < -0.3 is 15.0 Å². The molecule has 2 aliphatic heterocycles. The van der Waals surface area contributed by atoms with Crippen LogP contribution >= 0.6 is 0 Å². The van der Waals surface area contributed by atoms with Gasteiger partial charge in [0.25, 0.3) is 0 Å².